The van der Waals surface area contributed by atoms with Gasteiger partial charge in [0.15, 0.2) is 0 Å². The number of methoxy groups -OCH3 is 1. The molecule has 0 bridgehead atoms. The van der Waals surface area contributed by atoms with Gasteiger partial charge in [-0.2, -0.15) is 0 Å². The zero-order chi connectivity index (χ0) is 26.9. The number of Topliss-reactive ketones (excluding diaryl/α,β-unsaturated/α-hetero) is 1. The summed E-state index contributed by atoms with van der Waals surface area (Å²) in [5, 5.41) is 11.8. The normalized spacial score (nSPS) is 17.2. The van der Waals surface area contributed by atoms with Crippen LogP contribution in [0.4, 0.5) is 5.69 Å². The molecule has 1 amide bonds. The van der Waals surface area contributed by atoms with Gasteiger partial charge in [-0.25, -0.2) is 0 Å². The number of ketones is 1. The third kappa shape index (κ3) is 5.07. The molecule has 6 nitrogen and oxygen atoms in total. The maximum Gasteiger partial charge on any atom is 0.300 e. The second-order valence-corrected chi connectivity index (χ2v) is 10.2. The highest BCUT2D eigenvalue weighted by atomic mass is 35.5. The van der Waals surface area contributed by atoms with Crippen molar-refractivity contribution >= 4 is 34.7 Å². The Hall–Kier alpha value is -3.77. The molecule has 1 aliphatic rings. The molecule has 192 valence electrons. The summed E-state index contributed by atoms with van der Waals surface area (Å²) >= 11 is 6.23. The molecule has 1 atom stereocenters. The summed E-state index contributed by atoms with van der Waals surface area (Å²) in [5.74, 6) is -0.793. The molecular weight excluding hydrogens is 490 g/mol. The maximum atomic E-state index is 13.4. The van der Waals surface area contributed by atoms with Crippen molar-refractivity contribution in [1.82, 2.24) is 0 Å². The Morgan fingerprint density at radius 1 is 1.00 bits per heavy atom. The first-order chi connectivity index (χ1) is 17.6. The highest BCUT2D eigenvalue weighted by Gasteiger charge is 2.47. The number of benzene rings is 3. The van der Waals surface area contributed by atoms with Crippen LogP contribution in [0.2, 0.25) is 5.02 Å². The first-order valence-corrected chi connectivity index (χ1v) is 12.4. The molecule has 37 heavy (non-hydrogen) atoms. The van der Waals surface area contributed by atoms with E-state index < -0.39 is 17.7 Å². The number of anilines is 1. The number of ether oxygens (including phenoxy) is 2. The summed E-state index contributed by atoms with van der Waals surface area (Å²) in [5.41, 5.74) is 2.57. The predicted molar refractivity (Wildman–Crippen MR) is 146 cm³/mol. The number of aliphatic hydroxyl groups excluding tert-OH is 1. The molecule has 3 aromatic rings. The Morgan fingerprint density at radius 2 is 1.65 bits per heavy atom. The third-order valence-corrected chi connectivity index (χ3v) is 6.70. The van der Waals surface area contributed by atoms with Gasteiger partial charge in [-0.3, -0.25) is 14.5 Å². The monoisotopic (exact) mass is 519 g/mol. The zero-order valence-corrected chi connectivity index (χ0v) is 22.3. The van der Waals surface area contributed by atoms with Gasteiger partial charge in [0.1, 0.15) is 17.3 Å². The van der Waals surface area contributed by atoms with Crippen LogP contribution in [0.3, 0.4) is 0 Å². The van der Waals surface area contributed by atoms with E-state index in [1.165, 1.54) is 4.90 Å². The SMILES string of the molecule is CCOc1cc(/C(O)=C2/C(=O)C(=O)N(c3ccc(OC)cc3)C2c2ccc(C(C)(C)C)cc2)ccc1Cl. The van der Waals surface area contributed by atoms with Gasteiger partial charge in [0, 0.05) is 11.3 Å². The number of halogens is 1. The first kappa shape index (κ1) is 26.3. The highest BCUT2D eigenvalue weighted by Crippen LogP contribution is 2.43. The van der Waals surface area contributed by atoms with E-state index in [4.69, 9.17) is 21.1 Å². The second-order valence-electron chi connectivity index (χ2n) is 9.82. The minimum atomic E-state index is -0.839. The van der Waals surface area contributed by atoms with Crippen LogP contribution in [0.5, 0.6) is 11.5 Å². The summed E-state index contributed by atoms with van der Waals surface area (Å²) in [4.78, 5) is 28.2. The maximum absolute atomic E-state index is 13.4. The van der Waals surface area contributed by atoms with Crippen LogP contribution < -0.4 is 14.4 Å². The average molecular weight is 520 g/mol. The van der Waals surface area contributed by atoms with Gasteiger partial charge in [-0.15, -0.1) is 0 Å². The number of amides is 1. The molecule has 1 heterocycles. The molecule has 1 N–H and O–H groups in total. The van der Waals surface area contributed by atoms with Gasteiger partial charge >= 0.3 is 0 Å². The van der Waals surface area contributed by atoms with Crippen molar-refractivity contribution < 1.29 is 24.2 Å². The zero-order valence-electron chi connectivity index (χ0n) is 21.5. The lowest BCUT2D eigenvalue weighted by atomic mass is 9.85. The number of rotatable bonds is 6. The van der Waals surface area contributed by atoms with Crippen molar-refractivity contribution in [3.8, 4) is 11.5 Å². The fourth-order valence-electron chi connectivity index (χ4n) is 4.39. The van der Waals surface area contributed by atoms with E-state index in [1.807, 2.05) is 31.2 Å². The first-order valence-electron chi connectivity index (χ1n) is 12.0. The van der Waals surface area contributed by atoms with Gasteiger partial charge in [0.25, 0.3) is 11.7 Å². The van der Waals surface area contributed by atoms with Gasteiger partial charge in [0.05, 0.1) is 30.4 Å². The summed E-state index contributed by atoms with van der Waals surface area (Å²) in [6, 6.07) is 18.6. The number of aliphatic hydroxyl groups is 1. The van der Waals surface area contributed by atoms with Crippen molar-refractivity contribution in [3.05, 3.63) is 94.0 Å². The van der Waals surface area contributed by atoms with Crippen molar-refractivity contribution in [2.24, 2.45) is 0 Å². The van der Waals surface area contributed by atoms with Crippen LogP contribution in [0.1, 0.15) is 50.4 Å². The summed E-state index contributed by atoms with van der Waals surface area (Å²) < 4.78 is 10.8. The van der Waals surface area contributed by atoms with Crippen LogP contribution in [-0.2, 0) is 15.0 Å². The molecule has 0 aromatic heterocycles. The van der Waals surface area contributed by atoms with Crippen LogP contribution >= 0.6 is 11.6 Å². The predicted octanol–water partition coefficient (Wildman–Crippen LogP) is 6.67. The van der Waals surface area contributed by atoms with Crippen LogP contribution in [0.15, 0.2) is 72.3 Å². The van der Waals surface area contributed by atoms with E-state index in [0.29, 0.717) is 39.9 Å². The molecule has 0 saturated carbocycles. The molecule has 0 spiro atoms. The minimum Gasteiger partial charge on any atom is -0.507 e. The second kappa shape index (κ2) is 10.3. The summed E-state index contributed by atoms with van der Waals surface area (Å²) in [6.07, 6.45) is 0. The van der Waals surface area contributed by atoms with E-state index >= 15 is 0 Å². The van der Waals surface area contributed by atoms with Gasteiger partial charge in [-0.05, 0) is 65.9 Å². The molecule has 0 aliphatic carbocycles. The molecule has 7 heteroatoms. The van der Waals surface area contributed by atoms with E-state index in [1.54, 1.807) is 49.6 Å². The fraction of sp³-hybridized carbons (Fsp3) is 0.267. The van der Waals surface area contributed by atoms with Gasteiger partial charge in [-0.1, -0.05) is 56.6 Å². The molecule has 3 aromatic carbocycles. The molecular formula is C30H30ClNO5. The lowest BCUT2D eigenvalue weighted by Gasteiger charge is -2.26. The molecule has 1 saturated heterocycles. The smallest absolute Gasteiger partial charge is 0.300 e. The molecule has 0 radical (unpaired) electrons. The van der Waals surface area contributed by atoms with E-state index in [0.717, 1.165) is 5.56 Å². The van der Waals surface area contributed by atoms with Gasteiger partial charge in [0.2, 0.25) is 0 Å². The Kier molecular flexibility index (Phi) is 7.32. The van der Waals surface area contributed by atoms with E-state index in [-0.39, 0.29) is 16.7 Å². The van der Waals surface area contributed by atoms with Crippen LogP contribution in [-0.4, -0.2) is 30.5 Å². The number of carbonyl (C=O) groups is 2. The lowest BCUT2D eigenvalue weighted by Crippen LogP contribution is -2.29. The Bertz CT molecular complexity index is 1350. The van der Waals surface area contributed by atoms with Crippen LogP contribution in [0, 0.1) is 0 Å². The van der Waals surface area contributed by atoms with Crippen molar-refractivity contribution in [3.63, 3.8) is 0 Å². The van der Waals surface area contributed by atoms with Crippen LogP contribution in [0.25, 0.3) is 5.76 Å². The topological polar surface area (TPSA) is 76.1 Å². The van der Waals surface area contributed by atoms with Gasteiger partial charge < -0.3 is 14.6 Å². The largest absolute Gasteiger partial charge is 0.507 e. The number of nitrogens with zero attached hydrogens (tertiary/aromatic N) is 1. The Labute approximate surface area is 222 Å². The number of carbonyl (C=O) groups excluding carboxylic acids is 2. The summed E-state index contributed by atoms with van der Waals surface area (Å²) in [6.45, 7) is 8.54. The number of hydrogen-bond donors (Lipinski definition) is 1. The molecule has 1 aliphatic heterocycles. The minimum absolute atomic E-state index is 0.00547. The standard InChI is InChI=1S/C30H30ClNO5/c1-6-37-24-17-19(9-16-23(24)31)27(33)25-26(18-7-10-20(11-8-18)30(2,3)4)32(29(35)28(25)34)21-12-14-22(36-5)15-13-21/h7-17,26,33H,6H2,1-5H3/b27-25-. The Balaban J connectivity index is 1.91. The number of hydrogen-bond acceptors (Lipinski definition) is 5. The average Bonchev–Trinajstić information content (AvgIpc) is 3.15. The van der Waals surface area contributed by atoms with E-state index in [9.17, 15) is 14.7 Å². The van der Waals surface area contributed by atoms with Crippen molar-refractivity contribution in [2.75, 3.05) is 18.6 Å². The van der Waals surface area contributed by atoms with E-state index in [2.05, 4.69) is 20.8 Å². The third-order valence-electron chi connectivity index (χ3n) is 6.39. The molecule has 4 rings (SSSR count). The molecule has 1 unspecified atom stereocenters. The van der Waals surface area contributed by atoms with Crippen molar-refractivity contribution in [2.45, 2.75) is 39.2 Å². The quantitative estimate of drug-likeness (QED) is 0.223. The molecule has 1 fully saturated rings. The fourth-order valence-corrected chi connectivity index (χ4v) is 4.57. The lowest BCUT2D eigenvalue weighted by molar-refractivity contribution is -0.132. The summed E-state index contributed by atoms with van der Waals surface area (Å²) in [7, 11) is 1.56. The van der Waals surface area contributed by atoms with Crippen molar-refractivity contribution in [1.29, 1.82) is 0 Å². The Morgan fingerprint density at radius 3 is 2.22 bits per heavy atom. The highest BCUT2D eigenvalue weighted by molar-refractivity contribution is 6.51.